The van der Waals surface area contributed by atoms with Gasteiger partial charge in [0.2, 0.25) is 23.5 Å². The van der Waals surface area contributed by atoms with E-state index in [9.17, 15) is 19.8 Å². The van der Waals surface area contributed by atoms with Crippen LogP contribution in [0.25, 0.3) is 22.4 Å². The summed E-state index contributed by atoms with van der Waals surface area (Å²) in [5, 5.41) is 29.1. The van der Waals surface area contributed by atoms with Gasteiger partial charge in [-0.15, -0.1) is 0 Å². The largest absolute Gasteiger partial charge is 0.481 e. The number of aliphatic hydroxyl groups is 1. The number of methoxy groups -OCH3 is 2. The molecule has 1 aliphatic carbocycles. The number of hydrogen-bond acceptors (Lipinski definition) is 10. The van der Waals surface area contributed by atoms with Gasteiger partial charge in [0.05, 0.1) is 31.5 Å². The molecule has 6 rings (SSSR count). The van der Waals surface area contributed by atoms with E-state index in [1.54, 1.807) is 13.2 Å². The van der Waals surface area contributed by atoms with Crippen LogP contribution in [0.2, 0.25) is 10.0 Å². The number of aliphatic carboxylic acids is 1. The zero-order chi connectivity index (χ0) is 37.0. The number of ether oxygens (including phenoxy) is 3. The van der Waals surface area contributed by atoms with Gasteiger partial charge in [-0.1, -0.05) is 65.7 Å². The molecule has 2 aromatic carbocycles. The number of rotatable bonds is 15. The summed E-state index contributed by atoms with van der Waals surface area (Å²) in [7, 11) is 3.05. The number of benzene rings is 2. The summed E-state index contributed by atoms with van der Waals surface area (Å²) in [5.41, 5.74) is 5.28. The lowest BCUT2D eigenvalue weighted by Crippen LogP contribution is -2.52. The molecule has 52 heavy (non-hydrogen) atoms. The maximum Gasteiger partial charge on any atom is 0.326 e. The molecule has 0 saturated carbocycles. The van der Waals surface area contributed by atoms with Crippen molar-refractivity contribution in [3.05, 3.63) is 86.9 Å². The number of carboxylic acid groups (broad SMARTS) is 1. The number of hydrogen-bond donors (Lipinski definition) is 5. The smallest absolute Gasteiger partial charge is 0.326 e. The molecule has 4 aromatic rings. The highest BCUT2D eigenvalue weighted by Gasteiger charge is 2.33. The number of carbonyl (C=O) groups excluding carboxylic acids is 1. The van der Waals surface area contributed by atoms with Gasteiger partial charge in [-0.3, -0.25) is 14.9 Å². The third-order valence-electron chi connectivity index (χ3n) is 9.59. The minimum absolute atomic E-state index is 0.0426. The molecule has 3 atom stereocenters. The number of fused-ring (bicyclic) bond motifs is 1. The van der Waals surface area contributed by atoms with Crippen LogP contribution in [0.5, 0.6) is 17.6 Å². The van der Waals surface area contributed by atoms with Gasteiger partial charge in [0, 0.05) is 54.4 Å². The van der Waals surface area contributed by atoms with E-state index < -0.39 is 18.1 Å². The highest BCUT2D eigenvalue weighted by Crippen LogP contribution is 2.44. The van der Waals surface area contributed by atoms with E-state index in [1.807, 2.05) is 42.5 Å². The van der Waals surface area contributed by atoms with E-state index in [0.29, 0.717) is 48.1 Å². The number of aromatic nitrogens is 2. The van der Waals surface area contributed by atoms with Crippen molar-refractivity contribution in [1.82, 2.24) is 25.9 Å². The van der Waals surface area contributed by atoms with Gasteiger partial charge in [-0.25, -0.2) is 4.98 Å². The van der Waals surface area contributed by atoms with Crippen molar-refractivity contribution in [2.75, 3.05) is 27.4 Å². The van der Waals surface area contributed by atoms with Crippen molar-refractivity contribution in [1.29, 1.82) is 0 Å². The van der Waals surface area contributed by atoms with Gasteiger partial charge in [0.1, 0.15) is 16.7 Å². The Hall–Kier alpha value is -4.46. The van der Waals surface area contributed by atoms with Gasteiger partial charge in [0.15, 0.2) is 0 Å². The van der Waals surface area contributed by atoms with Crippen molar-refractivity contribution in [3.8, 4) is 40.0 Å². The summed E-state index contributed by atoms with van der Waals surface area (Å²) in [6.07, 6.45) is 2.47. The molecule has 1 fully saturated rings. The van der Waals surface area contributed by atoms with Crippen molar-refractivity contribution in [3.63, 3.8) is 0 Å². The van der Waals surface area contributed by atoms with Gasteiger partial charge in [-0.05, 0) is 55.0 Å². The maximum absolute atomic E-state index is 11.6. The van der Waals surface area contributed by atoms with E-state index in [0.717, 1.165) is 46.2 Å². The predicted octanol–water partition coefficient (Wildman–Crippen LogP) is 5.49. The molecule has 2 aliphatic rings. The summed E-state index contributed by atoms with van der Waals surface area (Å²) < 4.78 is 17.5. The van der Waals surface area contributed by atoms with Crippen LogP contribution < -0.4 is 30.2 Å². The monoisotopic (exact) mass is 749 g/mol. The molecule has 1 aliphatic heterocycles. The summed E-state index contributed by atoms with van der Waals surface area (Å²) in [6, 6.07) is 17.6. The fraction of sp³-hybridized carbons (Fsp3) is 0.368. The molecule has 3 heterocycles. The zero-order valence-corrected chi connectivity index (χ0v) is 30.6. The van der Waals surface area contributed by atoms with Crippen LogP contribution in [0.4, 0.5) is 0 Å². The molecule has 14 heteroatoms. The summed E-state index contributed by atoms with van der Waals surface area (Å²) in [4.78, 5) is 32.5. The second-order valence-electron chi connectivity index (χ2n) is 13.1. The Morgan fingerprint density at radius 1 is 0.942 bits per heavy atom. The fourth-order valence-corrected chi connectivity index (χ4v) is 7.12. The summed E-state index contributed by atoms with van der Waals surface area (Å²) in [5.74, 6) is -0.185. The lowest BCUT2D eigenvalue weighted by Gasteiger charge is -2.24. The summed E-state index contributed by atoms with van der Waals surface area (Å²) in [6.45, 7) is 2.04. The van der Waals surface area contributed by atoms with Crippen LogP contribution in [0.15, 0.2) is 54.6 Å². The number of halogens is 2. The molecule has 12 nitrogen and oxygen atoms in total. The minimum atomic E-state index is -1.55. The van der Waals surface area contributed by atoms with Crippen LogP contribution in [-0.2, 0) is 29.1 Å². The Morgan fingerprint density at radius 3 is 2.38 bits per heavy atom. The lowest BCUT2D eigenvalue weighted by atomic mass is 9.94. The molecular weight excluding hydrogens is 709 g/mol. The lowest BCUT2D eigenvalue weighted by molar-refractivity contribution is -0.146. The van der Waals surface area contributed by atoms with E-state index in [2.05, 4.69) is 27.0 Å². The van der Waals surface area contributed by atoms with Crippen LogP contribution >= 0.6 is 23.2 Å². The average molecular weight is 751 g/mol. The number of carboxylic acids is 1. The molecule has 0 bridgehead atoms. The normalized spacial score (nSPS) is 17.7. The Kier molecular flexibility index (Phi) is 11.5. The molecule has 1 unspecified atom stereocenters. The molecule has 0 spiro atoms. The topological polar surface area (TPSA) is 164 Å². The first-order valence-corrected chi connectivity index (χ1v) is 17.7. The third-order valence-corrected chi connectivity index (χ3v) is 10.3. The second-order valence-corrected chi connectivity index (χ2v) is 13.9. The van der Waals surface area contributed by atoms with Crippen LogP contribution in [-0.4, -0.2) is 71.0 Å². The van der Waals surface area contributed by atoms with E-state index in [-0.39, 0.29) is 41.4 Å². The molecule has 2 aromatic heterocycles. The standard InChI is InChI=1S/C38H41Cl2N5O7/c1-38(20-46,37(48)49)42-18-22-16-29(39)36(45-35(22)51-3)52-31-14-12-25-24(6-4-7-26(25)31)27-8-5-9-28(33(27)40)30-13-10-21(34(44-30)50-2)17-41-19-23-11-15-32(47)43-23/h4-10,13,16,23,31,41-42,46H,11-12,14-15,17-20H2,1-3H3,(H,43,47)(H,48,49)/t23-,31-,38?/m0/s1. The maximum atomic E-state index is 11.6. The quantitative estimate of drug-likeness (QED) is 0.104. The Labute approximate surface area is 311 Å². The zero-order valence-electron chi connectivity index (χ0n) is 29.1. The third kappa shape index (κ3) is 7.81. The van der Waals surface area contributed by atoms with Crippen LogP contribution in [0.1, 0.15) is 54.5 Å². The molecular formula is C38H41Cl2N5O7. The highest BCUT2D eigenvalue weighted by atomic mass is 35.5. The molecule has 1 amide bonds. The van der Waals surface area contributed by atoms with E-state index in [1.165, 1.54) is 14.0 Å². The Morgan fingerprint density at radius 2 is 1.67 bits per heavy atom. The first kappa shape index (κ1) is 37.3. The number of carbonyl (C=O) groups is 2. The number of nitrogens with zero attached hydrogens (tertiary/aromatic N) is 2. The summed E-state index contributed by atoms with van der Waals surface area (Å²) >= 11 is 13.8. The average Bonchev–Trinajstić information content (AvgIpc) is 3.76. The molecule has 0 radical (unpaired) electrons. The Balaban J connectivity index is 1.20. The number of nitrogens with one attached hydrogen (secondary N) is 3. The number of amides is 1. The minimum Gasteiger partial charge on any atom is -0.481 e. The van der Waals surface area contributed by atoms with Crippen LogP contribution in [0, 0.1) is 0 Å². The molecule has 1 saturated heterocycles. The van der Waals surface area contributed by atoms with Crippen molar-refractivity contribution in [2.24, 2.45) is 0 Å². The number of aliphatic hydroxyl groups excluding tert-OH is 1. The van der Waals surface area contributed by atoms with Gasteiger partial charge in [0.25, 0.3) is 0 Å². The fourth-order valence-electron chi connectivity index (χ4n) is 6.58. The number of pyridine rings is 2. The van der Waals surface area contributed by atoms with Crippen molar-refractivity contribution < 1.29 is 34.0 Å². The van der Waals surface area contributed by atoms with Gasteiger partial charge in [-0.2, -0.15) is 4.98 Å². The van der Waals surface area contributed by atoms with E-state index in [4.69, 9.17) is 42.4 Å². The first-order valence-electron chi connectivity index (χ1n) is 17.0. The predicted molar refractivity (Wildman–Crippen MR) is 197 cm³/mol. The van der Waals surface area contributed by atoms with Gasteiger partial charge < -0.3 is 35.1 Å². The molecule has 274 valence electrons. The first-order chi connectivity index (χ1) is 25.0. The van der Waals surface area contributed by atoms with Crippen LogP contribution in [0.3, 0.4) is 0 Å². The SMILES string of the molecule is COc1nc(-c2cccc(-c3cccc4c3CC[C@@H]4Oc3nc(OC)c(CNC(C)(CO)C(=O)O)cc3Cl)c2Cl)ccc1CNC[C@@H]1CCC(=O)N1. The second kappa shape index (κ2) is 16.1. The van der Waals surface area contributed by atoms with Gasteiger partial charge >= 0.3 is 5.97 Å². The Bertz CT molecular complexity index is 1980. The van der Waals surface area contributed by atoms with Crippen molar-refractivity contribution >= 4 is 35.1 Å². The highest BCUT2D eigenvalue weighted by molar-refractivity contribution is 6.36. The van der Waals surface area contributed by atoms with E-state index >= 15 is 0 Å². The van der Waals surface area contributed by atoms with Crippen molar-refractivity contribution in [2.45, 2.75) is 63.4 Å². The molecule has 5 N–H and O–H groups in total.